The van der Waals surface area contributed by atoms with Gasteiger partial charge >= 0.3 is 0 Å². The van der Waals surface area contributed by atoms with Gasteiger partial charge in [0.05, 0.1) is 5.69 Å². The van der Waals surface area contributed by atoms with Crippen molar-refractivity contribution in [2.24, 2.45) is 0 Å². The Balaban J connectivity index is 1.27. The van der Waals surface area contributed by atoms with Gasteiger partial charge in [0.15, 0.2) is 5.13 Å². The summed E-state index contributed by atoms with van der Waals surface area (Å²) in [5, 5.41) is 6.97. The van der Waals surface area contributed by atoms with E-state index in [9.17, 15) is 13.2 Å². The molecule has 180 valence electrons. The van der Waals surface area contributed by atoms with Crippen LogP contribution in [0.3, 0.4) is 0 Å². The third-order valence-corrected chi connectivity index (χ3v) is 10.1. The Hall–Kier alpha value is -2.85. The Bertz CT molecular complexity index is 1380. The molecular weight excluding hydrogens is 499 g/mol. The lowest BCUT2D eigenvalue weighted by atomic mass is 10.0. The van der Waals surface area contributed by atoms with Gasteiger partial charge in [0.2, 0.25) is 5.91 Å². The van der Waals surface area contributed by atoms with Crippen molar-refractivity contribution in [2.75, 3.05) is 11.9 Å². The topological polar surface area (TPSA) is 79.4 Å². The van der Waals surface area contributed by atoms with E-state index in [-0.39, 0.29) is 10.1 Å². The molecule has 6 nitrogen and oxygen atoms in total. The number of carbonyl (C=O) groups excluding carboxylic acids is 1. The number of rotatable bonds is 7. The van der Waals surface area contributed by atoms with Crippen LogP contribution in [0, 0.1) is 0 Å². The minimum atomic E-state index is -3.70. The maximum atomic E-state index is 13.1. The monoisotopic (exact) mass is 523 g/mol. The predicted molar refractivity (Wildman–Crippen MR) is 141 cm³/mol. The van der Waals surface area contributed by atoms with Crippen molar-refractivity contribution in [1.29, 1.82) is 0 Å². The van der Waals surface area contributed by atoms with E-state index >= 15 is 0 Å². The molecule has 1 saturated heterocycles. The van der Waals surface area contributed by atoms with Gasteiger partial charge in [0, 0.05) is 17.5 Å². The van der Waals surface area contributed by atoms with E-state index in [1.807, 2.05) is 35.7 Å². The summed E-state index contributed by atoms with van der Waals surface area (Å²) in [6.45, 7) is 0.344. The molecule has 0 bridgehead atoms. The summed E-state index contributed by atoms with van der Waals surface area (Å²) in [6, 6.07) is 21.1. The standard InChI is InChI=1S/C26H25N3O3S3/c30-25(23-9-4-5-15-29(23)35(31,32)24-10-6-16-33-24)28-26-27-22(18-34-26)21-13-11-20(12-14-21)17-19-7-2-1-3-8-19/h1-3,6-8,10-14,16,18,23H,4-5,9,15,17H2,(H,27,28,30). The van der Waals surface area contributed by atoms with Crippen LogP contribution in [0.1, 0.15) is 30.4 Å². The first-order chi connectivity index (χ1) is 17.0. The van der Waals surface area contributed by atoms with Crippen molar-refractivity contribution in [3.05, 3.63) is 88.6 Å². The first kappa shape index (κ1) is 23.9. The fourth-order valence-corrected chi connectivity index (χ4v) is 7.76. The molecule has 5 rings (SSSR count). The van der Waals surface area contributed by atoms with E-state index in [1.54, 1.807) is 17.5 Å². The molecule has 0 radical (unpaired) electrons. The lowest BCUT2D eigenvalue weighted by Crippen LogP contribution is -2.49. The van der Waals surface area contributed by atoms with Crippen molar-refractivity contribution >= 4 is 43.7 Å². The first-order valence-electron chi connectivity index (χ1n) is 11.5. The van der Waals surface area contributed by atoms with Gasteiger partial charge in [-0.25, -0.2) is 13.4 Å². The smallest absolute Gasteiger partial charge is 0.253 e. The Morgan fingerprint density at radius 1 is 0.971 bits per heavy atom. The van der Waals surface area contributed by atoms with Crippen molar-refractivity contribution in [3.63, 3.8) is 0 Å². The van der Waals surface area contributed by atoms with Gasteiger partial charge in [-0.1, -0.05) is 67.1 Å². The number of aromatic nitrogens is 1. The molecule has 3 heterocycles. The molecule has 1 atom stereocenters. The molecule has 1 unspecified atom stereocenters. The van der Waals surface area contributed by atoms with Gasteiger partial charge in [-0.05, 0) is 41.8 Å². The molecule has 35 heavy (non-hydrogen) atoms. The van der Waals surface area contributed by atoms with E-state index in [2.05, 4.69) is 34.6 Å². The molecule has 0 spiro atoms. The average Bonchev–Trinajstić information content (AvgIpc) is 3.58. The first-order valence-corrected chi connectivity index (χ1v) is 14.7. The molecule has 2 aromatic carbocycles. The number of hydrogen-bond acceptors (Lipinski definition) is 6. The van der Waals surface area contributed by atoms with Gasteiger partial charge in [0.1, 0.15) is 10.3 Å². The number of nitrogens with one attached hydrogen (secondary N) is 1. The molecule has 0 saturated carbocycles. The van der Waals surface area contributed by atoms with Gasteiger partial charge < -0.3 is 5.32 Å². The largest absolute Gasteiger partial charge is 0.301 e. The summed E-state index contributed by atoms with van der Waals surface area (Å²) in [4.78, 5) is 17.7. The highest BCUT2D eigenvalue weighted by Gasteiger charge is 2.38. The number of benzene rings is 2. The van der Waals surface area contributed by atoms with E-state index in [1.165, 1.54) is 38.1 Å². The Morgan fingerprint density at radius 2 is 1.74 bits per heavy atom. The van der Waals surface area contributed by atoms with Gasteiger partial charge in [-0.3, -0.25) is 4.79 Å². The molecule has 0 aliphatic carbocycles. The molecule has 1 aliphatic rings. The van der Waals surface area contributed by atoms with Crippen molar-refractivity contribution in [3.8, 4) is 11.3 Å². The Morgan fingerprint density at radius 3 is 2.49 bits per heavy atom. The fraction of sp³-hybridized carbons (Fsp3) is 0.231. The predicted octanol–water partition coefficient (Wildman–Crippen LogP) is 5.64. The maximum Gasteiger partial charge on any atom is 0.253 e. The number of sulfonamides is 1. The maximum absolute atomic E-state index is 13.1. The zero-order valence-electron chi connectivity index (χ0n) is 19.0. The lowest BCUT2D eigenvalue weighted by molar-refractivity contribution is -0.120. The van der Waals surface area contributed by atoms with Crippen LogP contribution in [0.4, 0.5) is 5.13 Å². The van der Waals surface area contributed by atoms with Crippen LogP contribution in [0.25, 0.3) is 11.3 Å². The highest BCUT2D eigenvalue weighted by Crippen LogP contribution is 2.30. The van der Waals surface area contributed by atoms with Crippen molar-refractivity contribution in [2.45, 2.75) is 35.9 Å². The lowest BCUT2D eigenvalue weighted by Gasteiger charge is -2.32. The van der Waals surface area contributed by atoms with E-state index < -0.39 is 16.1 Å². The van der Waals surface area contributed by atoms with E-state index in [4.69, 9.17) is 0 Å². The number of thiazole rings is 1. The Kier molecular flexibility index (Phi) is 7.10. The number of thiophene rings is 1. The number of anilines is 1. The van der Waals surface area contributed by atoms with Gasteiger partial charge in [-0.15, -0.1) is 22.7 Å². The minimum absolute atomic E-state index is 0.268. The number of piperidine rings is 1. The normalized spacial score (nSPS) is 16.7. The second-order valence-corrected chi connectivity index (χ2v) is 12.4. The van der Waals surface area contributed by atoms with Crippen molar-refractivity contribution < 1.29 is 13.2 Å². The number of carbonyl (C=O) groups is 1. The van der Waals surface area contributed by atoms with Crippen LogP contribution < -0.4 is 5.32 Å². The average molecular weight is 524 g/mol. The quantitative estimate of drug-likeness (QED) is 0.340. The zero-order valence-corrected chi connectivity index (χ0v) is 21.4. The molecule has 4 aromatic rings. The number of hydrogen-bond donors (Lipinski definition) is 1. The van der Waals surface area contributed by atoms with Crippen LogP contribution in [0.15, 0.2) is 81.7 Å². The molecular formula is C26H25N3O3S3. The summed E-state index contributed by atoms with van der Waals surface area (Å²) in [5.41, 5.74) is 4.23. The second kappa shape index (κ2) is 10.4. The summed E-state index contributed by atoms with van der Waals surface area (Å²) < 4.78 is 27.8. The highest BCUT2D eigenvalue weighted by molar-refractivity contribution is 7.91. The van der Waals surface area contributed by atoms with E-state index in [0.717, 1.165) is 30.5 Å². The van der Waals surface area contributed by atoms with Crippen LogP contribution in [0.5, 0.6) is 0 Å². The summed E-state index contributed by atoms with van der Waals surface area (Å²) >= 11 is 2.51. The Labute approximate surface area is 213 Å². The molecule has 2 aromatic heterocycles. The molecule has 1 amide bonds. The summed E-state index contributed by atoms with van der Waals surface area (Å²) in [5.74, 6) is -0.330. The van der Waals surface area contributed by atoms with Crippen molar-refractivity contribution in [1.82, 2.24) is 9.29 Å². The fourth-order valence-electron chi connectivity index (χ4n) is 4.26. The molecule has 1 fully saturated rings. The van der Waals surface area contributed by atoms with E-state index in [0.29, 0.717) is 18.1 Å². The SMILES string of the molecule is O=C(Nc1nc(-c2ccc(Cc3ccccc3)cc2)cs1)C1CCCCN1S(=O)(=O)c1cccs1. The molecule has 1 aliphatic heterocycles. The second-order valence-electron chi connectivity index (χ2n) is 8.45. The number of nitrogens with zero attached hydrogens (tertiary/aromatic N) is 2. The third kappa shape index (κ3) is 5.38. The van der Waals surface area contributed by atoms with Crippen LogP contribution in [-0.4, -0.2) is 36.2 Å². The summed E-state index contributed by atoms with van der Waals surface area (Å²) in [7, 11) is -3.70. The van der Waals surface area contributed by atoms with Crippen LogP contribution in [0.2, 0.25) is 0 Å². The summed E-state index contributed by atoms with van der Waals surface area (Å²) in [6.07, 6.45) is 2.92. The number of amides is 1. The van der Waals surface area contributed by atoms with Crippen LogP contribution in [-0.2, 0) is 21.2 Å². The van der Waals surface area contributed by atoms with Gasteiger partial charge in [0.25, 0.3) is 10.0 Å². The highest BCUT2D eigenvalue weighted by atomic mass is 32.2. The molecule has 1 N–H and O–H groups in total. The third-order valence-electron chi connectivity index (χ3n) is 6.05. The van der Waals surface area contributed by atoms with Crippen LogP contribution >= 0.6 is 22.7 Å². The minimum Gasteiger partial charge on any atom is -0.301 e. The molecule has 9 heteroatoms. The zero-order chi connectivity index (χ0) is 24.3. The van der Waals surface area contributed by atoms with Gasteiger partial charge in [-0.2, -0.15) is 4.31 Å².